The van der Waals surface area contributed by atoms with Crippen molar-refractivity contribution in [3.63, 3.8) is 0 Å². The zero-order chi connectivity index (χ0) is 17.7. The number of aliphatic hydroxyl groups is 1. The zero-order valence-corrected chi connectivity index (χ0v) is 15.2. The van der Waals surface area contributed by atoms with Crippen molar-refractivity contribution in [1.82, 2.24) is 4.72 Å². The van der Waals surface area contributed by atoms with Gasteiger partial charge >= 0.3 is 0 Å². The van der Waals surface area contributed by atoms with E-state index in [0.29, 0.717) is 10.0 Å². The van der Waals surface area contributed by atoms with E-state index in [4.69, 9.17) is 4.74 Å². The van der Waals surface area contributed by atoms with Crippen LogP contribution in [0.1, 0.15) is 11.7 Å². The number of halogens is 2. The minimum absolute atomic E-state index is 0.0760. The van der Waals surface area contributed by atoms with Crippen LogP contribution in [0.2, 0.25) is 0 Å². The van der Waals surface area contributed by atoms with Crippen LogP contribution in [0.15, 0.2) is 57.9 Å². The molecule has 5 nitrogen and oxygen atoms in total. The molecule has 2 atom stereocenters. The summed E-state index contributed by atoms with van der Waals surface area (Å²) in [6.07, 6.45) is -1.14. The Labute approximate surface area is 148 Å². The van der Waals surface area contributed by atoms with Crippen molar-refractivity contribution in [3.05, 3.63) is 64.4 Å². The van der Waals surface area contributed by atoms with Gasteiger partial charge in [-0.25, -0.2) is 17.5 Å². The number of aliphatic hydroxyl groups excluding tert-OH is 1. The Bertz CT molecular complexity index is 786. The van der Waals surface area contributed by atoms with Crippen molar-refractivity contribution in [3.8, 4) is 0 Å². The minimum Gasteiger partial charge on any atom is -0.387 e. The lowest BCUT2D eigenvalue weighted by molar-refractivity contribution is 0.0799. The molecule has 0 aliphatic rings. The molecule has 2 unspecified atom stereocenters. The van der Waals surface area contributed by atoms with Gasteiger partial charge in [-0.3, -0.25) is 0 Å². The Morgan fingerprint density at radius 2 is 1.92 bits per heavy atom. The maximum absolute atomic E-state index is 14.0. The van der Waals surface area contributed by atoms with E-state index in [1.54, 1.807) is 30.3 Å². The average molecular weight is 418 g/mol. The van der Waals surface area contributed by atoms with Crippen molar-refractivity contribution < 1.29 is 22.7 Å². The van der Waals surface area contributed by atoms with Crippen LogP contribution in [-0.2, 0) is 14.8 Å². The van der Waals surface area contributed by atoms with Gasteiger partial charge in [0.25, 0.3) is 0 Å². The summed E-state index contributed by atoms with van der Waals surface area (Å²) < 4.78 is 46.6. The largest absolute Gasteiger partial charge is 0.387 e. The molecule has 0 aromatic heterocycles. The van der Waals surface area contributed by atoms with Crippen LogP contribution in [0.5, 0.6) is 0 Å². The summed E-state index contributed by atoms with van der Waals surface area (Å²) in [4.78, 5) is -0.493. The van der Waals surface area contributed by atoms with Crippen LogP contribution in [0, 0.1) is 5.82 Å². The molecule has 0 fully saturated rings. The van der Waals surface area contributed by atoms with Crippen LogP contribution in [0.4, 0.5) is 4.39 Å². The molecule has 0 radical (unpaired) electrons. The molecule has 0 aliphatic heterocycles. The third-order valence-electron chi connectivity index (χ3n) is 3.36. The third-order valence-corrected chi connectivity index (χ3v) is 5.37. The van der Waals surface area contributed by atoms with Crippen LogP contribution < -0.4 is 4.72 Å². The summed E-state index contributed by atoms with van der Waals surface area (Å²) in [7, 11) is -2.78. The van der Waals surface area contributed by atoms with Gasteiger partial charge in [-0.2, -0.15) is 0 Å². The zero-order valence-electron chi connectivity index (χ0n) is 12.8. The second-order valence-electron chi connectivity index (χ2n) is 5.11. The molecule has 0 aliphatic carbocycles. The van der Waals surface area contributed by atoms with Gasteiger partial charge in [0.05, 0.1) is 18.8 Å². The summed E-state index contributed by atoms with van der Waals surface area (Å²) in [6, 6.07) is 11.2. The lowest BCUT2D eigenvalue weighted by atomic mass is 10.0. The Morgan fingerprint density at radius 3 is 2.50 bits per heavy atom. The molecule has 2 aromatic carbocycles. The molecule has 0 bridgehead atoms. The van der Waals surface area contributed by atoms with Gasteiger partial charge in [0.2, 0.25) is 10.0 Å². The van der Waals surface area contributed by atoms with E-state index in [1.165, 1.54) is 13.2 Å². The van der Waals surface area contributed by atoms with Gasteiger partial charge < -0.3 is 9.84 Å². The van der Waals surface area contributed by atoms with Crippen LogP contribution >= 0.6 is 15.9 Å². The number of ether oxygens (including phenoxy) is 1. The number of sulfonamides is 1. The van der Waals surface area contributed by atoms with Crippen molar-refractivity contribution in [2.45, 2.75) is 17.0 Å². The molecule has 0 heterocycles. The SMILES string of the molecule is COCC(NS(=O)(=O)c1ccc(Br)cc1F)C(O)c1ccccc1. The first kappa shape index (κ1) is 19.0. The first-order valence-electron chi connectivity index (χ1n) is 7.04. The van der Waals surface area contributed by atoms with Crippen molar-refractivity contribution >= 4 is 26.0 Å². The number of benzene rings is 2. The van der Waals surface area contributed by atoms with Gasteiger partial charge in [-0.05, 0) is 23.8 Å². The molecule has 0 spiro atoms. The molecule has 130 valence electrons. The average Bonchev–Trinajstić information content (AvgIpc) is 2.54. The summed E-state index contributed by atoms with van der Waals surface area (Å²) >= 11 is 3.08. The van der Waals surface area contributed by atoms with Crippen LogP contribution in [0.3, 0.4) is 0 Å². The van der Waals surface area contributed by atoms with E-state index >= 15 is 0 Å². The van der Waals surface area contributed by atoms with E-state index < -0.39 is 32.9 Å². The fourth-order valence-electron chi connectivity index (χ4n) is 2.21. The number of nitrogens with one attached hydrogen (secondary N) is 1. The van der Waals surface area contributed by atoms with Crippen molar-refractivity contribution in [2.75, 3.05) is 13.7 Å². The summed E-state index contributed by atoms with van der Waals surface area (Å²) in [5.41, 5.74) is 0.526. The topological polar surface area (TPSA) is 75.6 Å². The highest BCUT2D eigenvalue weighted by Crippen LogP contribution is 2.22. The molecule has 0 saturated heterocycles. The molecular weight excluding hydrogens is 401 g/mol. The molecule has 2 N–H and O–H groups in total. The van der Waals surface area contributed by atoms with E-state index in [-0.39, 0.29) is 6.61 Å². The van der Waals surface area contributed by atoms with E-state index in [2.05, 4.69) is 20.7 Å². The highest BCUT2D eigenvalue weighted by Gasteiger charge is 2.28. The molecule has 8 heteroatoms. The number of methoxy groups -OCH3 is 1. The Hall–Kier alpha value is -1.32. The lowest BCUT2D eigenvalue weighted by Crippen LogP contribution is -2.42. The Kier molecular flexibility index (Phi) is 6.47. The van der Waals surface area contributed by atoms with Crippen LogP contribution in [-0.4, -0.2) is 33.3 Å². The maximum atomic E-state index is 14.0. The number of rotatable bonds is 7. The molecule has 2 rings (SSSR count). The van der Waals surface area contributed by atoms with Crippen LogP contribution in [0.25, 0.3) is 0 Å². The standard InChI is InChI=1S/C16H17BrFNO4S/c1-23-10-14(16(20)11-5-3-2-4-6-11)19-24(21,22)15-8-7-12(17)9-13(15)18/h2-9,14,16,19-20H,10H2,1H3. The van der Waals surface area contributed by atoms with Gasteiger partial charge in [-0.1, -0.05) is 46.3 Å². The first-order valence-corrected chi connectivity index (χ1v) is 9.32. The highest BCUT2D eigenvalue weighted by molar-refractivity contribution is 9.10. The molecular formula is C16H17BrFNO4S. The van der Waals surface area contributed by atoms with Crippen molar-refractivity contribution in [2.24, 2.45) is 0 Å². The second-order valence-corrected chi connectivity index (χ2v) is 7.71. The van der Waals surface area contributed by atoms with Gasteiger partial charge in [0, 0.05) is 11.6 Å². The fourth-order valence-corrected chi connectivity index (χ4v) is 3.83. The predicted molar refractivity (Wildman–Crippen MR) is 91.5 cm³/mol. The fraction of sp³-hybridized carbons (Fsp3) is 0.250. The highest BCUT2D eigenvalue weighted by atomic mass is 79.9. The first-order chi connectivity index (χ1) is 11.3. The molecule has 2 aromatic rings. The molecule has 0 amide bonds. The van der Waals surface area contributed by atoms with Crippen molar-refractivity contribution in [1.29, 1.82) is 0 Å². The lowest BCUT2D eigenvalue weighted by Gasteiger charge is -2.24. The Balaban J connectivity index is 2.29. The third kappa shape index (κ3) is 4.61. The Morgan fingerprint density at radius 1 is 1.25 bits per heavy atom. The smallest absolute Gasteiger partial charge is 0.243 e. The molecule has 0 saturated carbocycles. The van der Waals surface area contributed by atoms with Gasteiger partial charge in [0.15, 0.2) is 0 Å². The molecule has 24 heavy (non-hydrogen) atoms. The minimum atomic E-state index is -4.17. The van der Waals surface area contributed by atoms with E-state index in [1.807, 2.05) is 0 Å². The summed E-state index contributed by atoms with van der Waals surface area (Å²) in [5, 5.41) is 10.4. The quantitative estimate of drug-likeness (QED) is 0.725. The number of hydrogen-bond acceptors (Lipinski definition) is 4. The van der Waals surface area contributed by atoms with Gasteiger partial charge in [0.1, 0.15) is 10.7 Å². The maximum Gasteiger partial charge on any atom is 0.243 e. The predicted octanol–water partition coefficient (Wildman–Crippen LogP) is 2.62. The second kappa shape index (κ2) is 8.17. The summed E-state index contributed by atoms with van der Waals surface area (Å²) in [5.74, 6) is -0.887. The number of hydrogen-bond donors (Lipinski definition) is 2. The van der Waals surface area contributed by atoms with E-state index in [9.17, 15) is 17.9 Å². The summed E-state index contributed by atoms with van der Waals surface area (Å²) in [6.45, 7) is -0.0760. The monoisotopic (exact) mass is 417 g/mol. The van der Waals surface area contributed by atoms with E-state index in [0.717, 1.165) is 12.1 Å². The normalized spacial score (nSPS) is 14.3. The van der Waals surface area contributed by atoms with Gasteiger partial charge in [-0.15, -0.1) is 0 Å².